The highest BCUT2D eigenvalue weighted by Gasteiger charge is 2.23. The molecule has 1 aliphatic heterocycles. The van der Waals surface area contributed by atoms with Gasteiger partial charge in [0.1, 0.15) is 0 Å². The van der Waals surface area contributed by atoms with Crippen LogP contribution in [0.4, 0.5) is 0 Å². The number of hydrogen-bond donors (Lipinski definition) is 1. The number of nitrogens with one attached hydrogen (secondary N) is 1. The van der Waals surface area contributed by atoms with Crippen LogP contribution in [0, 0.1) is 20.8 Å². The zero-order valence-corrected chi connectivity index (χ0v) is 14.6. The minimum Gasteiger partial charge on any atom is -0.297 e. The van der Waals surface area contributed by atoms with Crippen LogP contribution in [0.3, 0.4) is 0 Å². The van der Waals surface area contributed by atoms with Crippen molar-refractivity contribution in [3.63, 3.8) is 0 Å². The van der Waals surface area contributed by atoms with Crippen LogP contribution in [0.2, 0.25) is 0 Å². The first-order valence-corrected chi connectivity index (χ1v) is 8.65. The van der Waals surface area contributed by atoms with Gasteiger partial charge in [-0.25, -0.2) is 9.97 Å². The lowest BCUT2D eigenvalue weighted by Gasteiger charge is -2.31. The Hall–Kier alpha value is -2.21. The maximum Gasteiger partial charge on any atom is 0.234 e. The quantitative estimate of drug-likeness (QED) is 0.805. The third kappa shape index (κ3) is 2.94. The van der Waals surface area contributed by atoms with E-state index in [0.717, 1.165) is 42.5 Å². The number of hydrogen-bond acceptors (Lipinski definition) is 4. The van der Waals surface area contributed by atoms with E-state index in [9.17, 15) is 0 Å². The molecule has 0 radical (unpaired) electrons. The topological polar surface area (TPSA) is 62.1 Å². The standard InChI is InChI=1S/C18H24N6/c1-12-7-14(3)24-11-16(20-18(24)19-12)10-23-6-4-5-15(9-23)17-8-13(2)21-22-17/h7-8,11,15H,4-6,9-10H2,1-3H3,(H,21,22). The first-order chi connectivity index (χ1) is 11.6. The second-order valence-electron chi connectivity index (χ2n) is 6.99. The van der Waals surface area contributed by atoms with Crippen LogP contribution in [0.15, 0.2) is 18.3 Å². The molecule has 126 valence electrons. The summed E-state index contributed by atoms with van der Waals surface area (Å²) in [5.41, 5.74) is 5.62. The van der Waals surface area contributed by atoms with Crippen molar-refractivity contribution >= 4 is 5.78 Å². The first-order valence-electron chi connectivity index (χ1n) is 8.65. The molecule has 6 heteroatoms. The molecule has 1 unspecified atom stereocenters. The maximum atomic E-state index is 4.72. The Balaban J connectivity index is 1.51. The van der Waals surface area contributed by atoms with Gasteiger partial charge in [-0.15, -0.1) is 0 Å². The van der Waals surface area contributed by atoms with Gasteiger partial charge in [0, 0.05) is 42.3 Å². The number of piperidine rings is 1. The van der Waals surface area contributed by atoms with E-state index >= 15 is 0 Å². The SMILES string of the molecule is Cc1cc(C)n2cc(CN3CCCC(c4cc(C)[nH]n4)C3)nc2n1. The van der Waals surface area contributed by atoms with Gasteiger partial charge in [0.25, 0.3) is 0 Å². The minimum atomic E-state index is 0.517. The molecule has 4 rings (SSSR count). The average Bonchev–Trinajstić information content (AvgIpc) is 3.14. The van der Waals surface area contributed by atoms with Crippen LogP contribution in [0.5, 0.6) is 0 Å². The van der Waals surface area contributed by atoms with E-state index in [4.69, 9.17) is 4.98 Å². The van der Waals surface area contributed by atoms with Crippen molar-refractivity contribution in [3.05, 3.63) is 46.8 Å². The zero-order chi connectivity index (χ0) is 16.7. The summed E-state index contributed by atoms with van der Waals surface area (Å²) in [7, 11) is 0. The van der Waals surface area contributed by atoms with Crippen molar-refractivity contribution in [2.75, 3.05) is 13.1 Å². The number of H-pyrrole nitrogens is 1. The number of aryl methyl sites for hydroxylation is 3. The van der Waals surface area contributed by atoms with Gasteiger partial charge in [0.15, 0.2) is 0 Å². The molecule has 3 aromatic rings. The Morgan fingerprint density at radius 1 is 1.21 bits per heavy atom. The van der Waals surface area contributed by atoms with Gasteiger partial charge >= 0.3 is 0 Å². The van der Waals surface area contributed by atoms with Gasteiger partial charge < -0.3 is 0 Å². The highest BCUT2D eigenvalue weighted by molar-refractivity contribution is 5.34. The zero-order valence-electron chi connectivity index (χ0n) is 14.6. The fourth-order valence-electron chi connectivity index (χ4n) is 3.71. The number of aromatic nitrogens is 5. The molecule has 3 aromatic heterocycles. The summed E-state index contributed by atoms with van der Waals surface area (Å²) in [6.45, 7) is 9.22. The molecule has 1 saturated heterocycles. The van der Waals surface area contributed by atoms with Crippen LogP contribution in [-0.4, -0.2) is 42.6 Å². The first kappa shape index (κ1) is 15.3. The third-order valence-electron chi connectivity index (χ3n) is 4.85. The molecule has 0 aromatic carbocycles. The Morgan fingerprint density at radius 3 is 2.88 bits per heavy atom. The van der Waals surface area contributed by atoms with E-state index in [-0.39, 0.29) is 0 Å². The molecule has 4 heterocycles. The van der Waals surface area contributed by atoms with E-state index < -0.39 is 0 Å². The Kier molecular flexibility index (Phi) is 3.84. The molecule has 1 aliphatic rings. The molecule has 0 bridgehead atoms. The lowest BCUT2D eigenvalue weighted by Crippen LogP contribution is -2.34. The van der Waals surface area contributed by atoms with Crippen LogP contribution in [0.1, 0.15) is 47.2 Å². The number of rotatable bonds is 3. The molecule has 24 heavy (non-hydrogen) atoms. The summed E-state index contributed by atoms with van der Waals surface area (Å²) >= 11 is 0. The molecule has 6 nitrogen and oxygen atoms in total. The van der Waals surface area contributed by atoms with Gasteiger partial charge in [-0.1, -0.05) is 0 Å². The van der Waals surface area contributed by atoms with Crippen molar-refractivity contribution in [2.45, 2.75) is 46.1 Å². The number of imidazole rings is 1. The summed E-state index contributed by atoms with van der Waals surface area (Å²) in [5.74, 6) is 1.32. The van der Waals surface area contributed by atoms with Crippen molar-refractivity contribution in [3.8, 4) is 0 Å². The summed E-state index contributed by atoms with van der Waals surface area (Å²) in [6, 6.07) is 4.27. The van der Waals surface area contributed by atoms with Gasteiger partial charge in [-0.3, -0.25) is 14.4 Å². The average molecular weight is 324 g/mol. The van der Waals surface area contributed by atoms with Gasteiger partial charge in [0.2, 0.25) is 5.78 Å². The largest absolute Gasteiger partial charge is 0.297 e. The van der Waals surface area contributed by atoms with Crippen molar-refractivity contribution in [2.24, 2.45) is 0 Å². The second kappa shape index (κ2) is 6.02. The fourth-order valence-corrected chi connectivity index (χ4v) is 3.71. The second-order valence-corrected chi connectivity index (χ2v) is 6.99. The van der Waals surface area contributed by atoms with Crippen molar-refractivity contribution in [1.29, 1.82) is 0 Å². The van der Waals surface area contributed by atoms with Gasteiger partial charge in [-0.05, 0) is 52.3 Å². The third-order valence-corrected chi connectivity index (χ3v) is 4.85. The predicted molar refractivity (Wildman–Crippen MR) is 93.0 cm³/mol. The lowest BCUT2D eigenvalue weighted by atomic mass is 9.94. The predicted octanol–water partition coefficient (Wildman–Crippen LogP) is 2.76. The Morgan fingerprint density at radius 2 is 2.08 bits per heavy atom. The van der Waals surface area contributed by atoms with E-state index in [0.29, 0.717) is 5.92 Å². The van der Waals surface area contributed by atoms with Crippen molar-refractivity contribution in [1.82, 2.24) is 29.5 Å². The number of fused-ring (bicyclic) bond motifs is 1. The van der Waals surface area contributed by atoms with Gasteiger partial charge in [0.05, 0.1) is 11.4 Å². The summed E-state index contributed by atoms with van der Waals surface area (Å²) < 4.78 is 2.08. The molecule has 1 N–H and O–H groups in total. The minimum absolute atomic E-state index is 0.517. The Labute approximate surface area is 141 Å². The van der Waals surface area contributed by atoms with Crippen LogP contribution in [0.25, 0.3) is 5.78 Å². The van der Waals surface area contributed by atoms with E-state index in [2.05, 4.69) is 56.7 Å². The highest BCUT2D eigenvalue weighted by Crippen LogP contribution is 2.26. The highest BCUT2D eigenvalue weighted by atomic mass is 15.2. The number of likely N-dealkylation sites (tertiary alicyclic amines) is 1. The van der Waals surface area contributed by atoms with E-state index in [1.807, 2.05) is 6.92 Å². The molecular weight excluding hydrogens is 300 g/mol. The molecule has 0 amide bonds. The maximum absolute atomic E-state index is 4.72. The monoisotopic (exact) mass is 324 g/mol. The molecular formula is C18H24N6. The molecule has 0 spiro atoms. The normalized spacial score (nSPS) is 19.2. The molecule has 1 fully saturated rings. The molecule has 1 atom stereocenters. The van der Waals surface area contributed by atoms with E-state index in [1.165, 1.54) is 24.2 Å². The van der Waals surface area contributed by atoms with Crippen LogP contribution >= 0.6 is 0 Å². The smallest absolute Gasteiger partial charge is 0.234 e. The van der Waals surface area contributed by atoms with Crippen LogP contribution in [-0.2, 0) is 6.54 Å². The summed E-state index contributed by atoms with van der Waals surface area (Å²) in [4.78, 5) is 11.7. The summed E-state index contributed by atoms with van der Waals surface area (Å²) in [6.07, 6.45) is 4.55. The van der Waals surface area contributed by atoms with Crippen molar-refractivity contribution < 1.29 is 0 Å². The number of nitrogens with zero attached hydrogens (tertiary/aromatic N) is 5. The van der Waals surface area contributed by atoms with Gasteiger partial charge in [-0.2, -0.15) is 5.10 Å². The Bertz CT molecular complexity index is 862. The summed E-state index contributed by atoms with van der Waals surface area (Å²) in [5, 5.41) is 7.52. The molecule has 0 saturated carbocycles. The molecule has 0 aliphatic carbocycles. The fraction of sp³-hybridized carbons (Fsp3) is 0.500. The van der Waals surface area contributed by atoms with Crippen LogP contribution < -0.4 is 0 Å². The van der Waals surface area contributed by atoms with E-state index in [1.54, 1.807) is 0 Å². The lowest BCUT2D eigenvalue weighted by molar-refractivity contribution is 0.196. The number of aromatic amines is 1.